The third kappa shape index (κ3) is 20.3. The Balaban J connectivity index is 1.50. The van der Waals surface area contributed by atoms with Crippen molar-refractivity contribution in [1.29, 1.82) is 0 Å². The second kappa shape index (κ2) is 26.7. The van der Waals surface area contributed by atoms with Gasteiger partial charge < -0.3 is 18.9 Å². The molecular weight excluding hydrogens is 560 g/mol. The minimum atomic E-state index is -0.380. The molecule has 45 heavy (non-hydrogen) atoms. The molecule has 0 aliphatic carbocycles. The van der Waals surface area contributed by atoms with Gasteiger partial charge in [0.05, 0.1) is 24.9 Å². The number of carbonyl (C=O) groups excluding carboxylic acids is 1. The monoisotopic (exact) mass is 624 g/mol. The van der Waals surface area contributed by atoms with Gasteiger partial charge in [-0.15, -0.1) is 0 Å². The molecule has 0 aliphatic rings. The van der Waals surface area contributed by atoms with Crippen LogP contribution in [0.15, 0.2) is 48.5 Å². The van der Waals surface area contributed by atoms with Crippen LogP contribution in [0.1, 0.15) is 160 Å². The van der Waals surface area contributed by atoms with Crippen molar-refractivity contribution in [3.8, 4) is 17.2 Å². The molecule has 254 valence electrons. The van der Waals surface area contributed by atoms with Crippen molar-refractivity contribution < 1.29 is 23.7 Å². The van der Waals surface area contributed by atoms with E-state index < -0.39 is 0 Å². The van der Waals surface area contributed by atoms with Crippen molar-refractivity contribution in [2.45, 2.75) is 155 Å². The van der Waals surface area contributed by atoms with E-state index in [2.05, 4.69) is 20.8 Å². The second-order valence-electron chi connectivity index (χ2n) is 12.6. The van der Waals surface area contributed by atoms with E-state index in [9.17, 15) is 4.79 Å². The molecule has 0 spiro atoms. The zero-order chi connectivity index (χ0) is 32.2. The molecule has 0 N–H and O–H groups in total. The van der Waals surface area contributed by atoms with E-state index in [4.69, 9.17) is 18.9 Å². The summed E-state index contributed by atoms with van der Waals surface area (Å²) in [7, 11) is 0. The van der Waals surface area contributed by atoms with Gasteiger partial charge in [0.25, 0.3) is 0 Å². The quantitative estimate of drug-likeness (QED) is 0.0512. The van der Waals surface area contributed by atoms with Crippen LogP contribution < -0.4 is 14.2 Å². The lowest BCUT2D eigenvalue weighted by atomic mass is 10.1. The molecule has 0 saturated heterocycles. The van der Waals surface area contributed by atoms with E-state index in [0.29, 0.717) is 30.6 Å². The van der Waals surface area contributed by atoms with Crippen molar-refractivity contribution in [2.24, 2.45) is 0 Å². The van der Waals surface area contributed by atoms with Gasteiger partial charge in [0.1, 0.15) is 17.2 Å². The molecule has 2 rings (SSSR count). The Morgan fingerprint density at radius 3 is 1.42 bits per heavy atom. The van der Waals surface area contributed by atoms with Crippen LogP contribution in [0.3, 0.4) is 0 Å². The van der Waals surface area contributed by atoms with Gasteiger partial charge in [-0.3, -0.25) is 0 Å². The van der Waals surface area contributed by atoms with Gasteiger partial charge in [0, 0.05) is 6.61 Å². The van der Waals surface area contributed by atoms with Crippen LogP contribution >= 0.6 is 0 Å². The molecule has 0 amide bonds. The molecule has 0 aliphatic heterocycles. The standard InChI is InChI=1S/C40H64O5/c1-4-6-8-10-12-13-14-15-17-21-33-43-37-26-24-36(25-27-37)40(41)45-39-30-28-38(29-31-39)44-34-22-18-19-23-35(3)42-32-20-16-11-9-7-5-2/h24-31,35H,4-23,32-34H2,1-3H3. The third-order valence-corrected chi connectivity index (χ3v) is 8.31. The average molecular weight is 625 g/mol. The summed E-state index contributed by atoms with van der Waals surface area (Å²) in [6.45, 7) is 8.99. The van der Waals surface area contributed by atoms with Gasteiger partial charge in [0.15, 0.2) is 0 Å². The minimum Gasteiger partial charge on any atom is -0.494 e. The van der Waals surface area contributed by atoms with Gasteiger partial charge in [-0.1, -0.05) is 110 Å². The molecule has 0 radical (unpaired) electrons. The Hall–Kier alpha value is -2.53. The maximum Gasteiger partial charge on any atom is 0.343 e. The molecule has 2 aromatic carbocycles. The molecule has 0 aromatic heterocycles. The molecule has 1 unspecified atom stereocenters. The summed E-state index contributed by atoms with van der Waals surface area (Å²) < 4.78 is 23.3. The molecular formula is C40H64O5. The molecule has 0 fully saturated rings. The summed E-state index contributed by atoms with van der Waals surface area (Å²) >= 11 is 0. The number of benzene rings is 2. The lowest BCUT2D eigenvalue weighted by Crippen LogP contribution is -2.09. The Morgan fingerprint density at radius 1 is 0.511 bits per heavy atom. The fourth-order valence-electron chi connectivity index (χ4n) is 5.39. The lowest BCUT2D eigenvalue weighted by Gasteiger charge is -2.13. The van der Waals surface area contributed by atoms with Gasteiger partial charge in [0.2, 0.25) is 0 Å². The fourth-order valence-corrected chi connectivity index (χ4v) is 5.39. The van der Waals surface area contributed by atoms with E-state index in [1.807, 2.05) is 24.3 Å². The molecule has 5 nitrogen and oxygen atoms in total. The van der Waals surface area contributed by atoms with E-state index in [0.717, 1.165) is 50.2 Å². The zero-order valence-corrected chi connectivity index (χ0v) is 29.0. The number of esters is 1. The van der Waals surface area contributed by atoms with Crippen LogP contribution in [0.4, 0.5) is 0 Å². The predicted molar refractivity (Wildman–Crippen MR) is 188 cm³/mol. The fraction of sp³-hybridized carbons (Fsp3) is 0.675. The van der Waals surface area contributed by atoms with Crippen LogP contribution in [0.2, 0.25) is 0 Å². The van der Waals surface area contributed by atoms with Crippen LogP contribution in [0.5, 0.6) is 17.2 Å². The number of hydrogen-bond donors (Lipinski definition) is 0. The SMILES string of the molecule is CCCCCCCCCCCCOc1ccc(C(=O)Oc2ccc(OCCCCCC(C)OCCCCCCCC)cc2)cc1. The van der Waals surface area contributed by atoms with E-state index in [1.165, 1.54) is 96.3 Å². The first-order valence-electron chi connectivity index (χ1n) is 18.4. The number of unbranched alkanes of at least 4 members (excludes halogenated alkanes) is 16. The van der Waals surface area contributed by atoms with Crippen molar-refractivity contribution in [3.05, 3.63) is 54.1 Å². The highest BCUT2D eigenvalue weighted by atomic mass is 16.5. The molecule has 1 atom stereocenters. The van der Waals surface area contributed by atoms with Gasteiger partial charge in [-0.25, -0.2) is 4.79 Å². The van der Waals surface area contributed by atoms with Crippen molar-refractivity contribution in [2.75, 3.05) is 19.8 Å². The van der Waals surface area contributed by atoms with Gasteiger partial charge >= 0.3 is 5.97 Å². The molecule has 0 bridgehead atoms. The van der Waals surface area contributed by atoms with Crippen LogP contribution in [0, 0.1) is 0 Å². The first kappa shape index (κ1) is 38.7. The Labute approximate surface area is 275 Å². The average Bonchev–Trinajstić information content (AvgIpc) is 3.05. The largest absolute Gasteiger partial charge is 0.494 e. The van der Waals surface area contributed by atoms with Gasteiger partial charge in [-0.2, -0.15) is 0 Å². The van der Waals surface area contributed by atoms with Crippen molar-refractivity contribution in [3.63, 3.8) is 0 Å². The highest BCUT2D eigenvalue weighted by Gasteiger charge is 2.09. The molecule has 0 heterocycles. The van der Waals surface area contributed by atoms with Crippen molar-refractivity contribution >= 4 is 5.97 Å². The maximum absolute atomic E-state index is 12.6. The zero-order valence-electron chi connectivity index (χ0n) is 29.0. The predicted octanol–water partition coefficient (Wildman–Crippen LogP) is 11.9. The summed E-state index contributed by atoms with van der Waals surface area (Å²) in [6.07, 6.45) is 25.6. The molecule has 5 heteroatoms. The second-order valence-corrected chi connectivity index (χ2v) is 12.6. The van der Waals surface area contributed by atoms with Crippen LogP contribution in [-0.2, 0) is 4.74 Å². The number of carbonyl (C=O) groups is 1. The number of ether oxygens (including phenoxy) is 4. The molecule has 0 saturated carbocycles. The summed E-state index contributed by atoms with van der Waals surface area (Å²) in [6, 6.07) is 14.5. The Morgan fingerprint density at radius 2 is 0.911 bits per heavy atom. The first-order chi connectivity index (χ1) is 22.1. The normalized spacial score (nSPS) is 11.8. The van der Waals surface area contributed by atoms with E-state index >= 15 is 0 Å². The van der Waals surface area contributed by atoms with E-state index in [1.54, 1.807) is 24.3 Å². The molecule has 2 aromatic rings. The first-order valence-corrected chi connectivity index (χ1v) is 18.4. The maximum atomic E-state index is 12.6. The van der Waals surface area contributed by atoms with E-state index in [-0.39, 0.29) is 5.97 Å². The minimum absolute atomic E-state index is 0.335. The summed E-state index contributed by atoms with van der Waals surface area (Å²) in [5.41, 5.74) is 0.503. The van der Waals surface area contributed by atoms with Crippen molar-refractivity contribution in [1.82, 2.24) is 0 Å². The topological polar surface area (TPSA) is 54.0 Å². The highest BCUT2D eigenvalue weighted by molar-refractivity contribution is 5.91. The van der Waals surface area contributed by atoms with Gasteiger partial charge in [-0.05, 0) is 87.6 Å². The lowest BCUT2D eigenvalue weighted by molar-refractivity contribution is 0.0555. The summed E-state index contributed by atoms with van der Waals surface area (Å²) in [4.78, 5) is 12.6. The number of rotatable bonds is 29. The highest BCUT2D eigenvalue weighted by Crippen LogP contribution is 2.21. The van der Waals surface area contributed by atoms with Crippen LogP contribution in [0.25, 0.3) is 0 Å². The van der Waals surface area contributed by atoms with Crippen LogP contribution in [-0.4, -0.2) is 31.9 Å². The summed E-state index contributed by atoms with van der Waals surface area (Å²) in [5.74, 6) is 1.70. The summed E-state index contributed by atoms with van der Waals surface area (Å²) in [5, 5.41) is 0. The Bertz CT molecular complexity index is 956. The third-order valence-electron chi connectivity index (χ3n) is 8.31. The smallest absolute Gasteiger partial charge is 0.343 e. The Kier molecular flexibility index (Phi) is 22.9. The number of hydrogen-bond acceptors (Lipinski definition) is 5.